The van der Waals surface area contributed by atoms with Crippen LogP contribution < -0.4 is 4.90 Å². The maximum atomic E-state index is 4.11. The van der Waals surface area contributed by atoms with Gasteiger partial charge in [0, 0.05) is 16.8 Å². The number of rotatable bonds is 2. The van der Waals surface area contributed by atoms with Gasteiger partial charge in [0.15, 0.2) is 0 Å². The van der Waals surface area contributed by atoms with Gasteiger partial charge in [-0.05, 0) is 53.3 Å². The Labute approximate surface area is 152 Å². The molecule has 0 fully saturated rings. The van der Waals surface area contributed by atoms with Crippen LogP contribution in [0.4, 0.5) is 11.4 Å². The van der Waals surface area contributed by atoms with Crippen molar-refractivity contribution in [1.82, 2.24) is 0 Å². The van der Waals surface area contributed by atoms with E-state index in [0.29, 0.717) is 0 Å². The minimum absolute atomic E-state index is 0.00195. The molecule has 3 rings (SSSR count). The smallest absolute Gasteiger partial charge is 0.0502 e. The second kappa shape index (κ2) is 5.91. The molecule has 1 aliphatic heterocycles. The highest BCUT2D eigenvalue weighted by atomic mass is 15.2. The number of benzene rings is 2. The molecule has 0 spiro atoms. The van der Waals surface area contributed by atoms with Gasteiger partial charge >= 0.3 is 0 Å². The van der Waals surface area contributed by atoms with E-state index >= 15 is 0 Å². The Balaban J connectivity index is 2.20. The lowest BCUT2D eigenvalue weighted by Crippen LogP contribution is -2.32. The molecule has 1 nitrogen and oxygen atoms in total. The number of hydrogen-bond donors (Lipinski definition) is 0. The second-order valence-electron chi connectivity index (χ2n) is 8.49. The quantitative estimate of drug-likeness (QED) is 0.580. The Hall–Kier alpha value is -2.28. The van der Waals surface area contributed by atoms with Gasteiger partial charge in [-0.25, -0.2) is 0 Å². The molecule has 0 atom stereocenters. The molecule has 0 radical (unpaired) electrons. The van der Waals surface area contributed by atoms with Gasteiger partial charge in [-0.1, -0.05) is 71.5 Å². The highest BCUT2D eigenvalue weighted by molar-refractivity contribution is 5.78. The molecule has 1 aliphatic rings. The first-order valence-electron chi connectivity index (χ1n) is 9.02. The zero-order valence-electron chi connectivity index (χ0n) is 16.4. The summed E-state index contributed by atoms with van der Waals surface area (Å²) in [7, 11) is 0. The van der Waals surface area contributed by atoms with Crippen molar-refractivity contribution in [3.8, 4) is 0 Å². The summed E-state index contributed by atoms with van der Waals surface area (Å²) in [5.41, 5.74) is 7.84. The van der Waals surface area contributed by atoms with Crippen LogP contribution in [0, 0.1) is 0 Å². The molecule has 0 saturated heterocycles. The molecule has 0 aliphatic carbocycles. The maximum absolute atomic E-state index is 4.11. The van der Waals surface area contributed by atoms with Gasteiger partial charge in [-0.15, -0.1) is 0 Å². The fourth-order valence-corrected chi connectivity index (χ4v) is 3.65. The van der Waals surface area contributed by atoms with Crippen LogP contribution in [-0.2, 0) is 10.8 Å². The van der Waals surface area contributed by atoms with Gasteiger partial charge in [0.2, 0.25) is 0 Å². The van der Waals surface area contributed by atoms with Crippen LogP contribution >= 0.6 is 0 Å². The van der Waals surface area contributed by atoms with Crippen molar-refractivity contribution < 1.29 is 0 Å². The van der Waals surface area contributed by atoms with Crippen molar-refractivity contribution in [1.29, 1.82) is 0 Å². The number of fused-ring (bicyclic) bond motifs is 1. The largest absolute Gasteiger partial charge is 0.310 e. The number of nitrogens with zero attached hydrogens (tertiary/aromatic N) is 1. The third-order valence-electron chi connectivity index (χ3n) is 5.57. The van der Waals surface area contributed by atoms with Crippen LogP contribution in [0.1, 0.15) is 52.7 Å². The number of allylic oxidation sites excluding steroid dienone is 2. The van der Waals surface area contributed by atoms with E-state index in [2.05, 4.69) is 102 Å². The van der Waals surface area contributed by atoms with Crippen LogP contribution in [0.5, 0.6) is 0 Å². The normalized spacial score (nSPS) is 16.6. The Morgan fingerprint density at radius 2 is 1.56 bits per heavy atom. The van der Waals surface area contributed by atoms with Crippen molar-refractivity contribution in [3.05, 3.63) is 83.6 Å². The topological polar surface area (TPSA) is 3.24 Å². The highest BCUT2D eigenvalue weighted by Crippen LogP contribution is 2.48. The minimum Gasteiger partial charge on any atom is -0.310 e. The van der Waals surface area contributed by atoms with Crippen molar-refractivity contribution in [3.63, 3.8) is 0 Å². The van der Waals surface area contributed by atoms with E-state index in [4.69, 9.17) is 0 Å². The molecule has 0 N–H and O–H groups in total. The van der Waals surface area contributed by atoms with Crippen molar-refractivity contribution in [2.24, 2.45) is 0 Å². The van der Waals surface area contributed by atoms with E-state index in [9.17, 15) is 0 Å². The van der Waals surface area contributed by atoms with Gasteiger partial charge in [0.05, 0.1) is 5.69 Å². The van der Waals surface area contributed by atoms with E-state index in [1.807, 2.05) is 6.08 Å². The average Bonchev–Trinajstić information content (AvgIpc) is 2.57. The highest BCUT2D eigenvalue weighted by Gasteiger charge is 2.35. The summed E-state index contributed by atoms with van der Waals surface area (Å²) in [6, 6.07) is 17.7. The van der Waals surface area contributed by atoms with Gasteiger partial charge in [0.25, 0.3) is 0 Å². The van der Waals surface area contributed by atoms with Crippen LogP contribution in [0.3, 0.4) is 0 Å². The zero-order chi connectivity index (χ0) is 18.4. The van der Waals surface area contributed by atoms with Gasteiger partial charge in [-0.3, -0.25) is 0 Å². The lowest BCUT2D eigenvalue weighted by molar-refractivity contribution is 0.590. The summed E-state index contributed by atoms with van der Waals surface area (Å²) < 4.78 is 0. The van der Waals surface area contributed by atoms with E-state index in [1.54, 1.807) is 0 Å². The summed E-state index contributed by atoms with van der Waals surface area (Å²) in [6.07, 6.45) is 1.99. The lowest BCUT2D eigenvalue weighted by Gasteiger charge is -2.42. The second-order valence-corrected chi connectivity index (χ2v) is 8.49. The lowest BCUT2D eigenvalue weighted by atomic mass is 9.73. The predicted molar refractivity (Wildman–Crippen MR) is 110 cm³/mol. The Morgan fingerprint density at radius 3 is 2.12 bits per heavy atom. The van der Waals surface area contributed by atoms with Gasteiger partial charge in [0.1, 0.15) is 0 Å². The zero-order valence-corrected chi connectivity index (χ0v) is 16.4. The van der Waals surface area contributed by atoms with Gasteiger partial charge in [-0.2, -0.15) is 0 Å². The Morgan fingerprint density at radius 1 is 0.960 bits per heavy atom. The van der Waals surface area contributed by atoms with E-state index < -0.39 is 0 Å². The molecule has 2 aromatic rings. The van der Waals surface area contributed by atoms with Gasteiger partial charge < -0.3 is 4.90 Å². The number of hydrogen-bond acceptors (Lipinski definition) is 1. The predicted octanol–water partition coefficient (Wildman–Crippen LogP) is 6.87. The van der Waals surface area contributed by atoms with Crippen molar-refractivity contribution in [2.45, 2.75) is 52.4 Å². The number of anilines is 2. The first-order chi connectivity index (χ1) is 11.7. The molecule has 1 heterocycles. The molecule has 0 amide bonds. The van der Waals surface area contributed by atoms with Crippen LogP contribution in [0.15, 0.2) is 72.5 Å². The molecule has 1 heteroatoms. The summed E-state index contributed by atoms with van der Waals surface area (Å²) in [6.45, 7) is 17.7. The van der Waals surface area contributed by atoms with E-state index in [0.717, 1.165) is 0 Å². The Bertz CT molecular complexity index is 829. The monoisotopic (exact) mass is 331 g/mol. The van der Waals surface area contributed by atoms with Crippen molar-refractivity contribution in [2.75, 3.05) is 4.90 Å². The van der Waals surface area contributed by atoms with E-state index in [-0.39, 0.29) is 10.8 Å². The summed E-state index contributed by atoms with van der Waals surface area (Å²) in [5, 5.41) is 0. The SMILES string of the molecule is C=CC1=C(C)C(C)(C)c2ccccc2N1c1ccc(C(C)(C)C)cc1. The first-order valence-corrected chi connectivity index (χ1v) is 9.02. The fourth-order valence-electron chi connectivity index (χ4n) is 3.65. The molecule has 0 saturated carbocycles. The summed E-state index contributed by atoms with van der Waals surface area (Å²) in [5.74, 6) is 0. The fraction of sp³-hybridized carbons (Fsp3) is 0.333. The summed E-state index contributed by atoms with van der Waals surface area (Å²) in [4.78, 5) is 2.34. The first kappa shape index (κ1) is 17.5. The molecule has 2 aromatic carbocycles. The molecular formula is C24H29N. The van der Waals surface area contributed by atoms with Crippen LogP contribution in [0.2, 0.25) is 0 Å². The molecule has 130 valence electrons. The molecule has 0 bridgehead atoms. The third-order valence-corrected chi connectivity index (χ3v) is 5.57. The maximum Gasteiger partial charge on any atom is 0.0502 e. The third kappa shape index (κ3) is 2.82. The van der Waals surface area contributed by atoms with Crippen molar-refractivity contribution >= 4 is 11.4 Å². The number of para-hydroxylation sites is 1. The van der Waals surface area contributed by atoms with Crippen LogP contribution in [-0.4, -0.2) is 0 Å². The van der Waals surface area contributed by atoms with Crippen LogP contribution in [0.25, 0.3) is 0 Å². The minimum atomic E-state index is 0.00195. The summed E-state index contributed by atoms with van der Waals surface area (Å²) >= 11 is 0. The standard InChI is InChI=1S/C24H29N/c1-8-21-17(2)24(6,7)20-11-9-10-12-22(20)25(21)19-15-13-18(14-16-19)23(3,4)5/h8-16H,1H2,2-7H3. The molecule has 0 unspecified atom stereocenters. The average molecular weight is 332 g/mol. The van der Waals surface area contributed by atoms with E-state index in [1.165, 1.54) is 33.8 Å². The molecule has 25 heavy (non-hydrogen) atoms. The molecule has 0 aromatic heterocycles. The molecular weight excluding hydrogens is 302 g/mol. The Kier molecular flexibility index (Phi) is 4.15.